The highest BCUT2D eigenvalue weighted by Crippen LogP contribution is 2.49. The largest absolute Gasteiger partial charge is 0.392 e. The Balaban J connectivity index is 2.26. The van der Waals surface area contributed by atoms with Gasteiger partial charge in [0, 0.05) is 5.41 Å². The van der Waals surface area contributed by atoms with Crippen molar-refractivity contribution in [3.8, 4) is 11.1 Å². The van der Waals surface area contributed by atoms with Crippen molar-refractivity contribution in [2.75, 3.05) is 0 Å². The zero-order valence-electron chi connectivity index (χ0n) is 11.3. The second-order valence-electron chi connectivity index (χ2n) is 5.70. The Morgan fingerprint density at radius 2 is 1.21 bits per heavy atom. The molecule has 98 valence electrons. The first-order valence-electron chi connectivity index (χ1n) is 6.57. The molecular formula is C17H18O2. The van der Waals surface area contributed by atoms with E-state index in [4.69, 9.17) is 0 Å². The summed E-state index contributed by atoms with van der Waals surface area (Å²) in [5, 5.41) is 18.6. The molecule has 0 radical (unpaired) electrons. The van der Waals surface area contributed by atoms with Gasteiger partial charge in [-0.25, -0.2) is 0 Å². The predicted molar refractivity (Wildman–Crippen MR) is 75.9 cm³/mol. The zero-order chi connectivity index (χ0) is 13.6. The Morgan fingerprint density at radius 3 is 1.58 bits per heavy atom. The normalized spacial score (nSPS) is 15.2. The van der Waals surface area contributed by atoms with Crippen molar-refractivity contribution >= 4 is 0 Å². The highest BCUT2D eigenvalue weighted by Gasteiger charge is 2.35. The summed E-state index contributed by atoms with van der Waals surface area (Å²) >= 11 is 0. The first-order chi connectivity index (χ1) is 9.07. The molecule has 0 unspecified atom stereocenters. The maximum Gasteiger partial charge on any atom is 0.0681 e. The van der Waals surface area contributed by atoms with E-state index in [0.29, 0.717) is 0 Å². The number of benzene rings is 2. The molecule has 2 nitrogen and oxygen atoms in total. The lowest BCUT2D eigenvalue weighted by molar-refractivity contribution is 0.281. The van der Waals surface area contributed by atoms with Gasteiger partial charge in [0.15, 0.2) is 0 Å². The monoisotopic (exact) mass is 254 g/mol. The van der Waals surface area contributed by atoms with E-state index in [1.807, 2.05) is 12.1 Å². The molecule has 0 spiro atoms. The van der Waals surface area contributed by atoms with Crippen molar-refractivity contribution in [1.29, 1.82) is 0 Å². The topological polar surface area (TPSA) is 40.5 Å². The van der Waals surface area contributed by atoms with Crippen LogP contribution in [-0.2, 0) is 18.6 Å². The summed E-state index contributed by atoms with van der Waals surface area (Å²) in [6.07, 6.45) is 0. The summed E-state index contributed by atoms with van der Waals surface area (Å²) in [5.74, 6) is 0. The van der Waals surface area contributed by atoms with Gasteiger partial charge in [-0.2, -0.15) is 0 Å². The van der Waals surface area contributed by atoms with Gasteiger partial charge in [0.25, 0.3) is 0 Å². The molecule has 2 aromatic rings. The average Bonchev–Trinajstić information content (AvgIpc) is 2.67. The SMILES string of the molecule is CC1(C)c2cc(CO)ccc2-c2ccc(CO)cc21. The minimum atomic E-state index is -0.0823. The highest BCUT2D eigenvalue weighted by molar-refractivity contribution is 5.81. The molecule has 0 saturated carbocycles. The van der Waals surface area contributed by atoms with Crippen LogP contribution in [0, 0.1) is 0 Å². The molecule has 2 heteroatoms. The Morgan fingerprint density at radius 1 is 0.789 bits per heavy atom. The second-order valence-corrected chi connectivity index (χ2v) is 5.70. The Labute approximate surface area is 113 Å². The lowest BCUT2D eigenvalue weighted by atomic mass is 9.81. The van der Waals surface area contributed by atoms with Crippen LogP contribution in [0.25, 0.3) is 11.1 Å². The van der Waals surface area contributed by atoms with Crippen LogP contribution in [0.1, 0.15) is 36.1 Å². The fourth-order valence-corrected chi connectivity index (χ4v) is 3.03. The minimum Gasteiger partial charge on any atom is -0.392 e. The average molecular weight is 254 g/mol. The number of fused-ring (bicyclic) bond motifs is 3. The standard InChI is InChI=1S/C17H18O2/c1-17(2)15-7-11(9-18)3-5-13(15)14-6-4-12(10-19)8-16(14)17/h3-8,18-19H,9-10H2,1-2H3. The van der Waals surface area contributed by atoms with Gasteiger partial charge < -0.3 is 10.2 Å². The van der Waals surface area contributed by atoms with Crippen molar-refractivity contribution in [2.45, 2.75) is 32.5 Å². The summed E-state index contributed by atoms with van der Waals surface area (Å²) in [7, 11) is 0. The first-order valence-corrected chi connectivity index (χ1v) is 6.57. The molecule has 0 atom stereocenters. The molecule has 0 aliphatic heterocycles. The fraction of sp³-hybridized carbons (Fsp3) is 0.294. The van der Waals surface area contributed by atoms with E-state index in [2.05, 4.69) is 38.1 Å². The molecule has 0 heterocycles. The third-order valence-corrected chi connectivity index (χ3v) is 4.17. The second kappa shape index (κ2) is 4.19. The lowest BCUT2D eigenvalue weighted by Crippen LogP contribution is -2.15. The van der Waals surface area contributed by atoms with E-state index in [9.17, 15) is 10.2 Å². The quantitative estimate of drug-likeness (QED) is 0.865. The summed E-state index contributed by atoms with van der Waals surface area (Å²) in [4.78, 5) is 0. The van der Waals surface area contributed by atoms with Gasteiger partial charge in [-0.3, -0.25) is 0 Å². The van der Waals surface area contributed by atoms with Crippen LogP contribution in [0.4, 0.5) is 0 Å². The Hall–Kier alpha value is -1.64. The number of hydrogen-bond donors (Lipinski definition) is 2. The third-order valence-electron chi connectivity index (χ3n) is 4.17. The fourth-order valence-electron chi connectivity index (χ4n) is 3.03. The van der Waals surface area contributed by atoms with Crippen LogP contribution in [-0.4, -0.2) is 10.2 Å². The number of aliphatic hydroxyl groups excluding tert-OH is 2. The van der Waals surface area contributed by atoms with E-state index in [1.165, 1.54) is 22.3 Å². The van der Waals surface area contributed by atoms with E-state index in [-0.39, 0.29) is 18.6 Å². The van der Waals surface area contributed by atoms with Crippen molar-refractivity contribution in [1.82, 2.24) is 0 Å². The first kappa shape index (κ1) is 12.4. The maximum absolute atomic E-state index is 9.31. The van der Waals surface area contributed by atoms with Gasteiger partial charge in [0.05, 0.1) is 13.2 Å². The van der Waals surface area contributed by atoms with Gasteiger partial charge in [0.1, 0.15) is 0 Å². The van der Waals surface area contributed by atoms with Gasteiger partial charge >= 0.3 is 0 Å². The van der Waals surface area contributed by atoms with E-state index in [1.54, 1.807) is 0 Å². The van der Waals surface area contributed by atoms with Crippen LogP contribution in [0.2, 0.25) is 0 Å². The van der Waals surface area contributed by atoms with Gasteiger partial charge in [0.2, 0.25) is 0 Å². The summed E-state index contributed by atoms with van der Waals surface area (Å²) in [6.45, 7) is 4.53. The van der Waals surface area contributed by atoms with Crippen molar-refractivity contribution in [3.05, 3.63) is 58.7 Å². The summed E-state index contributed by atoms with van der Waals surface area (Å²) in [5.41, 5.74) is 6.79. The Kier molecular flexibility index (Phi) is 2.73. The van der Waals surface area contributed by atoms with E-state index < -0.39 is 0 Å². The van der Waals surface area contributed by atoms with Crippen LogP contribution in [0.15, 0.2) is 36.4 Å². The molecule has 0 amide bonds. The van der Waals surface area contributed by atoms with Gasteiger partial charge in [-0.1, -0.05) is 50.2 Å². The molecule has 1 aliphatic rings. The minimum absolute atomic E-state index is 0.0710. The van der Waals surface area contributed by atoms with Crippen LogP contribution < -0.4 is 0 Å². The molecule has 0 saturated heterocycles. The van der Waals surface area contributed by atoms with E-state index >= 15 is 0 Å². The molecular weight excluding hydrogens is 236 g/mol. The van der Waals surface area contributed by atoms with Crippen LogP contribution in [0.5, 0.6) is 0 Å². The predicted octanol–water partition coefficient (Wildman–Crippen LogP) is 2.98. The van der Waals surface area contributed by atoms with E-state index in [0.717, 1.165) is 11.1 Å². The lowest BCUT2D eigenvalue weighted by Gasteiger charge is -2.22. The maximum atomic E-state index is 9.31. The van der Waals surface area contributed by atoms with Gasteiger partial charge in [-0.05, 0) is 33.4 Å². The molecule has 19 heavy (non-hydrogen) atoms. The summed E-state index contributed by atoms with van der Waals surface area (Å²) in [6, 6.07) is 12.3. The van der Waals surface area contributed by atoms with Crippen molar-refractivity contribution < 1.29 is 10.2 Å². The third kappa shape index (κ3) is 1.71. The Bertz CT molecular complexity index is 586. The molecule has 2 aromatic carbocycles. The molecule has 0 bridgehead atoms. The molecule has 2 N–H and O–H groups in total. The molecule has 0 fully saturated rings. The molecule has 3 rings (SSSR count). The molecule has 1 aliphatic carbocycles. The summed E-state index contributed by atoms with van der Waals surface area (Å²) < 4.78 is 0. The zero-order valence-corrected chi connectivity index (χ0v) is 11.3. The smallest absolute Gasteiger partial charge is 0.0681 e. The van der Waals surface area contributed by atoms with Crippen molar-refractivity contribution in [2.24, 2.45) is 0 Å². The van der Waals surface area contributed by atoms with Crippen molar-refractivity contribution in [3.63, 3.8) is 0 Å². The van der Waals surface area contributed by atoms with Gasteiger partial charge in [-0.15, -0.1) is 0 Å². The highest BCUT2D eigenvalue weighted by atomic mass is 16.3. The van der Waals surface area contributed by atoms with Crippen LogP contribution in [0.3, 0.4) is 0 Å². The number of hydrogen-bond acceptors (Lipinski definition) is 2. The number of aliphatic hydroxyl groups is 2. The molecule has 0 aromatic heterocycles. The number of rotatable bonds is 2. The van der Waals surface area contributed by atoms with Crippen LogP contribution >= 0.6 is 0 Å².